The van der Waals surface area contributed by atoms with Crippen LogP contribution in [0.1, 0.15) is 12.8 Å². The van der Waals surface area contributed by atoms with Gasteiger partial charge in [0.25, 0.3) is 0 Å². The Morgan fingerprint density at radius 2 is 2.25 bits per heavy atom. The van der Waals surface area contributed by atoms with E-state index in [0.717, 1.165) is 25.5 Å². The molecule has 88 valence electrons. The normalized spacial score (nSPS) is 20.0. The minimum atomic E-state index is -0.932. The summed E-state index contributed by atoms with van der Waals surface area (Å²) in [5.41, 5.74) is 5.79. The van der Waals surface area contributed by atoms with Crippen LogP contribution < -0.4 is 11.1 Å². The number of nitrogens with two attached hydrogens (primary N) is 1. The maximum Gasteiger partial charge on any atom is 0.183 e. The second-order valence-corrected chi connectivity index (χ2v) is 3.84. The molecule has 5 heteroatoms. The number of benzene rings is 1. The van der Waals surface area contributed by atoms with Crippen molar-refractivity contribution in [3.05, 3.63) is 23.8 Å². The third-order valence-electron chi connectivity index (χ3n) is 2.66. The molecule has 0 aromatic heterocycles. The van der Waals surface area contributed by atoms with Crippen LogP contribution in [0, 0.1) is 11.6 Å². The van der Waals surface area contributed by atoms with Crippen LogP contribution in [0.25, 0.3) is 0 Å². The minimum absolute atomic E-state index is 0.0236. The molecule has 0 radical (unpaired) electrons. The summed E-state index contributed by atoms with van der Waals surface area (Å²) in [5, 5.41) is 2.80. The SMILES string of the molecule is Nc1ccc(F)c(F)c1NCC1CCCO1. The monoisotopic (exact) mass is 228 g/mol. The van der Waals surface area contributed by atoms with Gasteiger partial charge in [0.1, 0.15) is 0 Å². The fraction of sp³-hybridized carbons (Fsp3) is 0.455. The van der Waals surface area contributed by atoms with Gasteiger partial charge in [-0.05, 0) is 25.0 Å². The standard InChI is InChI=1S/C11H14F2N2O/c12-8-3-4-9(14)11(10(8)13)15-6-7-2-1-5-16-7/h3-4,7,15H,1-2,5-6,14H2. The first-order chi connectivity index (χ1) is 7.68. The van der Waals surface area contributed by atoms with Gasteiger partial charge in [-0.1, -0.05) is 0 Å². The first-order valence-corrected chi connectivity index (χ1v) is 5.27. The average Bonchev–Trinajstić information content (AvgIpc) is 2.77. The molecule has 1 aromatic rings. The maximum atomic E-state index is 13.4. The van der Waals surface area contributed by atoms with E-state index in [0.29, 0.717) is 6.54 Å². The van der Waals surface area contributed by atoms with Gasteiger partial charge in [-0.25, -0.2) is 8.78 Å². The average molecular weight is 228 g/mol. The van der Waals surface area contributed by atoms with Gasteiger partial charge >= 0.3 is 0 Å². The molecule has 0 spiro atoms. The van der Waals surface area contributed by atoms with Gasteiger partial charge in [0.05, 0.1) is 17.5 Å². The molecule has 1 saturated heterocycles. The number of hydrogen-bond donors (Lipinski definition) is 2. The summed E-state index contributed by atoms with van der Waals surface area (Å²) in [6, 6.07) is 2.36. The highest BCUT2D eigenvalue weighted by molar-refractivity contribution is 5.66. The van der Waals surface area contributed by atoms with Crippen molar-refractivity contribution in [3.8, 4) is 0 Å². The molecule has 1 heterocycles. The summed E-state index contributed by atoms with van der Waals surface area (Å²) < 4.78 is 31.7. The van der Waals surface area contributed by atoms with E-state index in [4.69, 9.17) is 10.5 Å². The highest BCUT2D eigenvalue weighted by Crippen LogP contribution is 2.25. The molecule has 0 bridgehead atoms. The van der Waals surface area contributed by atoms with Gasteiger partial charge in [0, 0.05) is 13.2 Å². The quantitative estimate of drug-likeness (QED) is 0.779. The van der Waals surface area contributed by atoms with Crippen LogP contribution in [0.3, 0.4) is 0 Å². The summed E-state index contributed by atoms with van der Waals surface area (Å²) in [5.74, 6) is -1.83. The Labute approximate surface area is 92.6 Å². The smallest absolute Gasteiger partial charge is 0.183 e. The summed E-state index contributed by atoms with van der Waals surface area (Å²) in [7, 11) is 0. The molecule has 16 heavy (non-hydrogen) atoms. The Bertz CT molecular complexity index is 378. The zero-order valence-corrected chi connectivity index (χ0v) is 8.80. The van der Waals surface area contributed by atoms with Crippen LogP contribution in [0.15, 0.2) is 12.1 Å². The predicted molar refractivity (Wildman–Crippen MR) is 58.2 cm³/mol. The van der Waals surface area contributed by atoms with Crippen molar-refractivity contribution in [3.63, 3.8) is 0 Å². The molecular formula is C11H14F2N2O. The van der Waals surface area contributed by atoms with Crippen LogP contribution in [0.2, 0.25) is 0 Å². The van der Waals surface area contributed by atoms with E-state index >= 15 is 0 Å². The molecule has 1 aliphatic heterocycles. The molecule has 1 fully saturated rings. The van der Waals surface area contributed by atoms with Gasteiger partial charge in [-0.3, -0.25) is 0 Å². The van der Waals surface area contributed by atoms with Crippen LogP contribution in [0.4, 0.5) is 20.2 Å². The van der Waals surface area contributed by atoms with Gasteiger partial charge in [0.15, 0.2) is 11.6 Å². The lowest BCUT2D eigenvalue weighted by molar-refractivity contribution is 0.120. The fourth-order valence-electron chi connectivity index (χ4n) is 1.77. The summed E-state index contributed by atoms with van der Waals surface area (Å²) in [4.78, 5) is 0. The van der Waals surface area contributed by atoms with Crippen LogP contribution in [0.5, 0.6) is 0 Å². The zero-order chi connectivity index (χ0) is 11.5. The number of nitrogen functional groups attached to an aromatic ring is 1. The highest BCUT2D eigenvalue weighted by atomic mass is 19.2. The number of nitrogens with one attached hydrogen (secondary N) is 1. The molecule has 3 nitrogen and oxygen atoms in total. The number of anilines is 2. The highest BCUT2D eigenvalue weighted by Gasteiger charge is 2.17. The topological polar surface area (TPSA) is 47.3 Å². The van der Waals surface area contributed by atoms with E-state index in [1.54, 1.807) is 0 Å². The molecule has 3 N–H and O–H groups in total. The largest absolute Gasteiger partial charge is 0.397 e. The van der Waals surface area contributed by atoms with Crippen molar-refractivity contribution < 1.29 is 13.5 Å². The lowest BCUT2D eigenvalue weighted by atomic mass is 10.2. The Balaban J connectivity index is 2.05. The number of hydrogen-bond acceptors (Lipinski definition) is 3. The Hall–Kier alpha value is -1.36. The first-order valence-electron chi connectivity index (χ1n) is 5.27. The molecule has 0 amide bonds. The molecule has 1 aliphatic rings. The van der Waals surface area contributed by atoms with Crippen molar-refractivity contribution in [1.82, 2.24) is 0 Å². The summed E-state index contributed by atoms with van der Waals surface area (Å²) in [6.45, 7) is 1.18. The molecule has 1 aromatic carbocycles. The maximum absolute atomic E-state index is 13.4. The van der Waals surface area contributed by atoms with Gasteiger partial charge in [-0.15, -0.1) is 0 Å². The zero-order valence-electron chi connectivity index (χ0n) is 8.80. The number of ether oxygens (including phenoxy) is 1. The van der Waals surface area contributed by atoms with Crippen molar-refractivity contribution in [2.24, 2.45) is 0 Å². The molecule has 0 saturated carbocycles. The molecule has 0 aliphatic carbocycles. The fourth-order valence-corrected chi connectivity index (χ4v) is 1.77. The third kappa shape index (κ3) is 2.24. The molecular weight excluding hydrogens is 214 g/mol. The first kappa shape index (κ1) is 11.1. The van der Waals surface area contributed by atoms with Crippen molar-refractivity contribution in [2.75, 3.05) is 24.2 Å². The Morgan fingerprint density at radius 1 is 1.44 bits per heavy atom. The third-order valence-corrected chi connectivity index (χ3v) is 2.66. The van der Waals surface area contributed by atoms with Crippen LogP contribution >= 0.6 is 0 Å². The predicted octanol–water partition coefficient (Wildman–Crippen LogP) is 2.14. The summed E-state index contributed by atoms with van der Waals surface area (Å²) in [6.07, 6.45) is 2.00. The van der Waals surface area contributed by atoms with E-state index in [-0.39, 0.29) is 17.5 Å². The van der Waals surface area contributed by atoms with E-state index < -0.39 is 11.6 Å². The number of halogens is 2. The minimum Gasteiger partial charge on any atom is -0.397 e. The van der Waals surface area contributed by atoms with Crippen LogP contribution in [-0.4, -0.2) is 19.3 Å². The Kier molecular flexibility index (Phi) is 3.24. The summed E-state index contributed by atoms with van der Waals surface area (Å²) >= 11 is 0. The van der Waals surface area contributed by atoms with E-state index in [2.05, 4.69) is 5.32 Å². The number of rotatable bonds is 3. The van der Waals surface area contributed by atoms with Crippen molar-refractivity contribution in [2.45, 2.75) is 18.9 Å². The van der Waals surface area contributed by atoms with Gasteiger partial charge in [0.2, 0.25) is 0 Å². The van der Waals surface area contributed by atoms with E-state index in [9.17, 15) is 8.78 Å². The molecule has 2 rings (SSSR count). The van der Waals surface area contributed by atoms with Crippen molar-refractivity contribution in [1.29, 1.82) is 0 Å². The van der Waals surface area contributed by atoms with Gasteiger partial charge in [-0.2, -0.15) is 0 Å². The van der Waals surface area contributed by atoms with E-state index in [1.807, 2.05) is 0 Å². The lowest BCUT2D eigenvalue weighted by Crippen LogP contribution is -2.19. The van der Waals surface area contributed by atoms with Crippen molar-refractivity contribution >= 4 is 11.4 Å². The molecule has 1 unspecified atom stereocenters. The Morgan fingerprint density at radius 3 is 2.94 bits per heavy atom. The lowest BCUT2D eigenvalue weighted by Gasteiger charge is -2.14. The second kappa shape index (κ2) is 4.65. The molecule has 1 atom stereocenters. The van der Waals surface area contributed by atoms with Gasteiger partial charge < -0.3 is 15.8 Å². The van der Waals surface area contributed by atoms with Crippen LogP contribution in [-0.2, 0) is 4.74 Å². The second-order valence-electron chi connectivity index (χ2n) is 3.84. The van der Waals surface area contributed by atoms with E-state index in [1.165, 1.54) is 6.07 Å².